The van der Waals surface area contributed by atoms with Crippen LogP contribution in [0, 0.1) is 11.8 Å². The molecule has 1 aliphatic heterocycles. The number of hydrogen-bond donors (Lipinski definition) is 1. The average Bonchev–Trinajstić information content (AvgIpc) is 3.07. The fourth-order valence-electron chi connectivity index (χ4n) is 3.52. The summed E-state index contributed by atoms with van der Waals surface area (Å²) in [6, 6.07) is 16.6. The van der Waals surface area contributed by atoms with Gasteiger partial charge in [0, 0.05) is 25.7 Å². The van der Waals surface area contributed by atoms with Crippen LogP contribution in [-0.4, -0.2) is 32.8 Å². The quantitative estimate of drug-likeness (QED) is 0.363. The van der Waals surface area contributed by atoms with Crippen LogP contribution >= 0.6 is 0 Å². The maximum Gasteiger partial charge on any atom is 0.328 e. The average molecular weight is 439 g/mol. The molecule has 0 atom stereocenters. The zero-order valence-electron chi connectivity index (χ0n) is 17.8. The molecule has 33 heavy (non-hydrogen) atoms. The second-order valence-corrected chi connectivity index (χ2v) is 7.48. The predicted molar refractivity (Wildman–Crippen MR) is 124 cm³/mol. The Morgan fingerprint density at radius 3 is 2.15 bits per heavy atom. The molecular formula is C26H21N3O4. The highest BCUT2D eigenvalue weighted by atomic mass is 16.2. The Bertz CT molecular complexity index is 1370. The Kier molecular flexibility index (Phi) is 6.46. The second kappa shape index (κ2) is 9.79. The smallest absolute Gasteiger partial charge is 0.296 e. The molecule has 0 unspecified atom stereocenters. The molecule has 0 saturated heterocycles. The van der Waals surface area contributed by atoms with Crippen LogP contribution in [-0.2, 0) is 13.0 Å². The van der Waals surface area contributed by atoms with Crippen LogP contribution in [0.2, 0.25) is 0 Å². The number of nitrogens with one attached hydrogen (secondary N) is 1. The van der Waals surface area contributed by atoms with Gasteiger partial charge in [-0.15, -0.1) is 0 Å². The molecule has 0 fully saturated rings. The number of carbonyl (C=O) groups is 2. The third-order valence-corrected chi connectivity index (χ3v) is 5.25. The van der Waals surface area contributed by atoms with Crippen LogP contribution in [0.25, 0.3) is 0 Å². The van der Waals surface area contributed by atoms with E-state index in [-0.39, 0.29) is 30.5 Å². The van der Waals surface area contributed by atoms with Crippen molar-refractivity contribution in [2.75, 3.05) is 6.54 Å². The van der Waals surface area contributed by atoms with E-state index in [4.69, 9.17) is 0 Å². The van der Waals surface area contributed by atoms with Crippen LogP contribution in [0.5, 0.6) is 0 Å². The minimum Gasteiger partial charge on any atom is -0.296 e. The van der Waals surface area contributed by atoms with Crippen molar-refractivity contribution in [2.45, 2.75) is 19.4 Å². The van der Waals surface area contributed by atoms with Gasteiger partial charge in [0.15, 0.2) is 0 Å². The van der Waals surface area contributed by atoms with Gasteiger partial charge < -0.3 is 0 Å². The number of aryl methyl sites for hydroxylation is 1. The van der Waals surface area contributed by atoms with Gasteiger partial charge in [0.25, 0.3) is 17.4 Å². The number of aromatic amines is 1. The number of amides is 2. The van der Waals surface area contributed by atoms with Crippen molar-refractivity contribution in [3.8, 4) is 11.8 Å². The molecule has 1 aromatic heterocycles. The number of fused-ring (bicyclic) bond motifs is 1. The highest BCUT2D eigenvalue weighted by Crippen LogP contribution is 2.21. The molecule has 4 rings (SSSR count). The maximum absolute atomic E-state index is 12.4. The number of aromatic nitrogens is 2. The molecule has 0 radical (unpaired) electrons. The highest BCUT2D eigenvalue weighted by molar-refractivity contribution is 6.21. The molecule has 7 heteroatoms. The van der Waals surface area contributed by atoms with E-state index in [2.05, 4.69) is 16.8 Å². The minimum absolute atomic E-state index is 0.0938. The highest BCUT2D eigenvalue weighted by Gasteiger charge is 2.33. The van der Waals surface area contributed by atoms with Gasteiger partial charge in [-0.05, 0) is 24.1 Å². The minimum atomic E-state index is -0.555. The van der Waals surface area contributed by atoms with E-state index in [0.717, 1.165) is 16.9 Å². The number of rotatable bonds is 6. The first-order valence-corrected chi connectivity index (χ1v) is 10.5. The van der Waals surface area contributed by atoms with E-state index in [9.17, 15) is 19.2 Å². The monoisotopic (exact) mass is 439 g/mol. The number of imide groups is 1. The number of allylic oxidation sites excluding steroid dienone is 1. The molecule has 164 valence electrons. The zero-order chi connectivity index (χ0) is 23.2. The Labute approximate surface area is 190 Å². The summed E-state index contributed by atoms with van der Waals surface area (Å²) in [4.78, 5) is 52.4. The van der Waals surface area contributed by atoms with E-state index >= 15 is 0 Å². The standard InChI is InChI=1S/C26H21N3O4/c30-23-20(13-5-4-12-19-10-2-1-3-11-19)18-28(26(33)27-23)16-8-9-17-29-24(31)21-14-6-7-15-22(21)25(29)32/h1-3,6-11,14-15,18H,4,12,16-17H2,(H,27,30,33)/b9-8+. The van der Waals surface area contributed by atoms with Crippen molar-refractivity contribution in [1.29, 1.82) is 0 Å². The summed E-state index contributed by atoms with van der Waals surface area (Å²) in [5.41, 5.74) is 1.07. The second-order valence-electron chi connectivity index (χ2n) is 7.48. The van der Waals surface area contributed by atoms with Crippen molar-refractivity contribution in [2.24, 2.45) is 0 Å². The van der Waals surface area contributed by atoms with Gasteiger partial charge in [0.2, 0.25) is 0 Å². The Hall–Kier alpha value is -4.44. The van der Waals surface area contributed by atoms with Crippen molar-refractivity contribution in [3.05, 3.63) is 116 Å². The molecule has 0 saturated carbocycles. The van der Waals surface area contributed by atoms with Crippen LogP contribution in [0.1, 0.15) is 38.3 Å². The summed E-state index contributed by atoms with van der Waals surface area (Å²) < 4.78 is 1.32. The van der Waals surface area contributed by atoms with Crippen molar-refractivity contribution in [1.82, 2.24) is 14.5 Å². The maximum atomic E-state index is 12.4. The summed E-state index contributed by atoms with van der Waals surface area (Å²) >= 11 is 0. The van der Waals surface area contributed by atoms with Crippen LogP contribution in [0.3, 0.4) is 0 Å². The topological polar surface area (TPSA) is 92.2 Å². The van der Waals surface area contributed by atoms with Gasteiger partial charge in [-0.3, -0.25) is 28.8 Å². The molecule has 2 heterocycles. The lowest BCUT2D eigenvalue weighted by molar-refractivity contribution is 0.0672. The Morgan fingerprint density at radius 2 is 1.45 bits per heavy atom. The molecule has 0 bridgehead atoms. The fraction of sp³-hybridized carbons (Fsp3) is 0.154. The first-order valence-electron chi connectivity index (χ1n) is 10.5. The van der Waals surface area contributed by atoms with Crippen molar-refractivity contribution >= 4 is 11.8 Å². The molecule has 3 aromatic rings. The number of H-pyrrole nitrogens is 1. The molecule has 0 spiro atoms. The number of nitrogens with zero attached hydrogens (tertiary/aromatic N) is 2. The van der Waals surface area contributed by atoms with Gasteiger partial charge in [0.05, 0.1) is 11.1 Å². The van der Waals surface area contributed by atoms with Gasteiger partial charge in [-0.25, -0.2) is 4.79 Å². The first kappa shape index (κ1) is 21.8. The lowest BCUT2D eigenvalue weighted by atomic mass is 10.1. The fourth-order valence-corrected chi connectivity index (χ4v) is 3.52. The van der Waals surface area contributed by atoms with Crippen LogP contribution in [0.15, 0.2) is 82.5 Å². The Morgan fingerprint density at radius 1 is 0.818 bits per heavy atom. The molecule has 7 nitrogen and oxygen atoms in total. The summed E-state index contributed by atoms with van der Waals surface area (Å²) in [5, 5.41) is 0. The Balaban J connectivity index is 1.39. The van der Waals surface area contributed by atoms with E-state index < -0.39 is 11.2 Å². The SMILES string of the molecule is O=C1c2ccccc2C(=O)N1C/C=C/Cn1cc(C#CCCc2ccccc2)c(=O)[nH]c1=O. The molecule has 2 amide bonds. The lowest BCUT2D eigenvalue weighted by Crippen LogP contribution is -2.31. The van der Waals surface area contributed by atoms with Gasteiger partial charge in [-0.2, -0.15) is 0 Å². The van der Waals surface area contributed by atoms with Gasteiger partial charge >= 0.3 is 5.69 Å². The van der Waals surface area contributed by atoms with Gasteiger partial charge in [0.1, 0.15) is 5.56 Å². The number of carbonyl (C=O) groups excluding carboxylic acids is 2. The van der Waals surface area contributed by atoms with Crippen molar-refractivity contribution in [3.63, 3.8) is 0 Å². The molecule has 1 N–H and O–H groups in total. The van der Waals surface area contributed by atoms with Crippen molar-refractivity contribution < 1.29 is 9.59 Å². The van der Waals surface area contributed by atoms with Gasteiger partial charge in [-0.1, -0.05) is 66.5 Å². The summed E-state index contributed by atoms with van der Waals surface area (Å²) in [6.45, 7) is 0.258. The molecule has 0 aliphatic carbocycles. The van der Waals surface area contributed by atoms with E-state index in [1.807, 2.05) is 30.3 Å². The lowest BCUT2D eigenvalue weighted by Gasteiger charge is -2.10. The third-order valence-electron chi connectivity index (χ3n) is 5.25. The summed E-state index contributed by atoms with van der Waals surface area (Å²) in [7, 11) is 0. The molecular weight excluding hydrogens is 418 g/mol. The van der Waals surface area contributed by atoms with E-state index in [1.54, 1.807) is 36.4 Å². The first-order chi connectivity index (χ1) is 16.0. The summed E-state index contributed by atoms with van der Waals surface area (Å²) in [6.07, 6.45) is 6.08. The predicted octanol–water partition coefficient (Wildman–Crippen LogP) is 2.37. The van der Waals surface area contributed by atoms with E-state index in [0.29, 0.717) is 17.5 Å². The zero-order valence-corrected chi connectivity index (χ0v) is 17.8. The normalized spacial score (nSPS) is 12.7. The number of hydrogen-bond acceptors (Lipinski definition) is 4. The largest absolute Gasteiger partial charge is 0.328 e. The van der Waals surface area contributed by atoms with Crippen LogP contribution < -0.4 is 11.2 Å². The third kappa shape index (κ3) is 4.91. The number of benzene rings is 2. The summed E-state index contributed by atoms with van der Waals surface area (Å²) in [5.74, 6) is 5.13. The van der Waals surface area contributed by atoms with Crippen LogP contribution in [0.4, 0.5) is 0 Å². The molecule has 1 aliphatic rings. The molecule has 2 aromatic carbocycles. The van der Waals surface area contributed by atoms with E-state index in [1.165, 1.54) is 10.8 Å².